The predicted octanol–water partition coefficient (Wildman–Crippen LogP) is 2.49. The SMILES string of the molecule is CCc1nc2ccc(C(F)(F)F)cn2c1C(=O)NCc1ccc(S(N)(=O)=O)cc1. The van der Waals surface area contributed by atoms with Gasteiger partial charge in [0.1, 0.15) is 11.3 Å². The van der Waals surface area contributed by atoms with Crippen molar-refractivity contribution in [3.8, 4) is 0 Å². The van der Waals surface area contributed by atoms with Gasteiger partial charge in [0.25, 0.3) is 5.91 Å². The Hall–Kier alpha value is -2.92. The minimum absolute atomic E-state index is 0.0229. The Morgan fingerprint density at radius 1 is 1.17 bits per heavy atom. The third kappa shape index (κ3) is 4.40. The molecule has 3 N–H and O–H groups in total. The van der Waals surface area contributed by atoms with Crippen molar-refractivity contribution < 1.29 is 26.4 Å². The fraction of sp³-hybridized carbons (Fsp3) is 0.222. The summed E-state index contributed by atoms with van der Waals surface area (Å²) in [6, 6.07) is 7.70. The van der Waals surface area contributed by atoms with Gasteiger partial charge in [0.2, 0.25) is 10.0 Å². The number of benzene rings is 1. The standard InChI is InChI=1S/C18H17F3N4O3S/c1-2-14-16(25-10-12(18(19,20)21)5-8-15(25)24-14)17(26)23-9-11-3-6-13(7-4-11)29(22,27)28/h3-8,10H,2,9H2,1H3,(H,23,26)(H2,22,27,28). The van der Waals surface area contributed by atoms with Crippen LogP contribution in [-0.2, 0) is 29.2 Å². The summed E-state index contributed by atoms with van der Waals surface area (Å²) in [6.45, 7) is 1.79. The lowest BCUT2D eigenvalue weighted by Crippen LogP contribution is -2.25. The van der Waals surface area contributed by atoms with Gasteiger partial charge in [-0.15, -0.1) is 0 Å². The molecule has 1 amide bonds. The molecule has 1 aromatic carbocycles. The first-order valence-electron chi connectivity index (χ1n) is 8.49. The van der Waals surface area contributed by atoms with E-state index in [4.69, 9.17) is 5.14 Å². The second kappa shape index (κ2) is 7.48. The third-order valence-electron chi connectivity index (χ3n) is 4.27. The van der Waals surface area contributed by atoms with Crippen molar-refractivity contribution in [2.24, 2.45) is 5.14 Å². The number of nitrogens with zero attached hydrogens (tertiary/aromatic N) is 2. The lowest BCUT2D eigenvalue weighted by molar-refractivity contribution is -0.137. The number of hydrogen-bond donors (Lipinski definition) is 2. The molecular formula is C18H17F3N4O3S. The quantitative estimate of drug-likeness (QED) is 0.654. The number of primary sulfonamides is 1. The van der Waals surface area contributed by atoms with Gasteiger partial charge in [0, 0.05) is 12.7 Å². The Morgan fingerprint density at radius 3 is 2.38 bits per heavy atom. The normalized spacial score (nSPS) is 12.3. The van der Waals surface area contributed by atoms with Crippen molar-refractivity contribution >= 4 is 21.6 Å². The zero-order chi connectivity index (χ0) is 21.4. The zero-order valence-corrected chi connectivity index (χ0v) is 16.0. The molecule has 0 aliphatic carbocycles. The molecule has 3 aromatic rings. The van der Waals surface area contributed by atoms with Gasteiger partial charge in [0.15, 0.2) is 0 Å². The number of imidazole rings is 1. The van der Waals surface area contributed by atoms with Gasteiger partial charge in [-0.1, -0.05) is 19.1 Å². The molecule has 0 aliphatic rings. The summed E-state index contributed by atoms with van der Waals surface area (Å²) in [5, 5.41) is 7.66. The topological polar surface area (TPSA) is 107 Å². The molecule has 0 radical (unpaired) electrons. The Bertz CT molecular complexity index is 1170. The van der Waals surface area contributed by atoms with Crippen molar-refractivity contribution in [1.82, 2.24) is 14.7 Å². The van der Waals surface area contributed by atoms with E-state index in [2.05, 4.69) is 10.3 Å². The number of carbonyl (C=O) groups excluding carboxylic acids is 1. The Balaban J connectivity index is 1.88. The Morgan fingerprint density at radius 2 is 1.83 bits per heavy atom. The first-order valence-corrected chi connectivity index (χ1v) is 10.0. The lowest BCUT2D eigenvalue weighted by atomic mass is 10.2. The number of pyridine rings is 1. The molecule has 0 saturated carbocycles. The number of fused-ring (bicyclic) bond motifs is 1. The van der Waals surface area contributed by atoms with Crippen LogP contribution in [0.1, 0.15) is 34.2 Å². The van der Waals surface area contributed by atoms with Crippen LogP contribution >= 0.6 is 0 Å². The number of halogens is 3. The number of aromatic nitrogens is 2. The van der Waals surface area contributed by atoms with E-state index in [1.165, 1.54) is 30.3 Å². The molecule has 0 atom stereocenters. The molecule has 11 heteroatoms. The van der Waals surface area contributed by atoms with E-state index in [0.717, 1.165) is 16.7 Å². The minimum atomic E-state index is -4.55. The van der Waals surface area contributed by atoms with Crippen molar-refractivity contribution in [3.05, 3.63) is 65.1 Å². The fourth-order valence-electron chi connectivity index (χ4n) is 2.81. The van der Waals surface area contributed by atoms with Crippen molar-refractivity contribution in [1.29, 1.82) is 0 Å². The number of nitrogens with one attached hydrogen (secondary N) is 1. The second-order valence-electron chi connectivity index (χ2n) is 6.28. The number of carbonyl (C=O) groups is 1. The smallest absolute Gasteiger partial charge is 0.347 e. The largest absolute Gasteiger partial charge is 0.417 e. The van der Waals surface area contributed by atoms with Crippen LogP contribution in [0.4, 0.5) is 13.2 Å². The van der Waals surface area contributed by atoms with Crippen molar-refractivity contribution in [3.63, 3.8) is 0 Å². The van der Waals surface area contributed by atoms with Crippen LogP contribution in [0.2, 0.25) is 0 Å². The molecular weight excluding hydrogens is 409 g/mol. The molecule has 0 saturated heterocycles. The number of nitrogens with two attached hydrogens (primary N) is 1. The monoisotopic (exact) mass is 426 g/mol. The van der Waals surface area contributed by atoms with Crippen LogP contribution in [0.5, 0.6) is 0 Å². The second-order valence-corrected chi connectivity index (χ2v) is 7.84. The van der Waals surface area contributed by atoms with E-state index >= 15 is 0 Å². The van der Waals surface area contributed by atoms with E-state index in [1.807, 2.05) is 0 Å². The maximum atomic E-state index is 13.0. The van der Waals surface area contributed by atoms with Crippen LogP contribution in [0.15, 0.2) is 47.5 Å². The highest BCUT2D eigenvalue weighted by Gasteiger charge is 2.31. The molecule has 3 rings (SSSR count). The van der Waals surface area contributed by atoms with Crippen LogP contribution in [-0.4, -0.2) is 23.7 Å². The highest BCUT2D eigenvalue weighted by atomic mass is 32.2. The molecule has 0 spiro atoms. The van der Waals surface area contributed by atoms with Crippen LogP contribution < -0.4 is 10.5 Å². The van der Waals surface area contributed by atoms with E-state index in [-0.39, 0.29) is 22.8 Å². The molecule has 0 fully saturated rings. The first kappa shape index (κ1) is 20.8. The van der Waals surface area contributed by atoms with E-state index in [9.17, 15) is 26.4 Å². The van der Waals surface area contributed by atoms with E-state index < -0.39 is 27.7 Å². The summed E-state index contributed by atoms with van der Waals surface area (Å²) in [4.78, 5) is 16.8. The summed E-state index contributed by atoms with van der Waals surface area (Å²) >= 11 is 0. The maximum Gasteiger partial charge on any atom is 0.417 e. The Labute approximate surface area is 164 Å². The van der Waals surface area contributed by atoms with Crippen LogP contribution in [0.3, 0.4) is 0 Å². The summed E-state index contributed by atoms with van der Waals surface area (Å²) in [5.41, 5.74) is 0.324. The number of sulfonamides is 1. The first-order chi connectivity index (χ1) is 13.5. The number of alkyl halides is 3. The molecule has 0 unspecified atom stereocenters. The summed E-state index contributed by atoms with van der Waals surface area (Å²) in [7, 11) is -3.83. The van der Waals surface area contributed by atoms with Gasteiger partial charge in [0.05, 0.1) is 16.2 Å². The molecule has 29 heavy (non-hydrogen) atoms. The van der Waals surface area contributed by atoms with Gasteiger partial charge < -0.3 is 5.32 Å². The highest BCUT2D eigenvalue weighted by molar-refractivity contribution is 7.89. The lowest BCUT2D eigenvalue weighted by Gasteiger charge is -2.10. The predicted molar refractivity (Wildman–Crippen MR) is 98.6 cm³/mol. The highest BCUT2D eigenvalue weighted by Crippen LogP contribution is 2.30. The average Bonchev–Trinajstić information content (AvgIpc) is 3.03. The summed E-state index contributed by atoms with van der Waals surface area (Å²) < 4.78 is 62.8. The molecule has 7 nitrogen and oxygen atoms in total. The summed E-state index contributed by atoms with van der Waals surface area (Å²) in [5.74, 6) is -0.593. The molecule has 2 aromatic heterocycles. The van der Waals surface area contributed by atoms with Crippen molar-refractivity contribution in [2.45, 2.75) is 31.0 Å². The maximum absolute atomic E-state index is 13.0. The number of amides is 1. The van der Waals surface area contributed by atoms with E-state index in [0.29, 0.717) is 17.7 Å². The third-order valence-corrected chi connectivity index (χ3v) is 5.20. The number of hydrogen-bond acceptors (Lipinski definition) is 4. The van der Waals surface area contributed by atoms with Gasteiger partial charge >= 0.3 is 6.18 Å². The van der Waals surface area contributed by atoms with E-state index in [1.54, 1.807) is 6.92 Å². The van der Waals surface area contributed by atoms with Crippen LogP contribution in [0, 0.1) is 0 Å². The average molecular weight is 426 g/mol. The molecule has 2 heterocycles. The van der Waals surface area contributed by atoms with Gasteiger partial charge in [-0.25, -0.2) is 18.5 Å². The molecule has 154 valence electrons. The molecule has 0 aliphatic heterocycles. The molecule has 0 bridgehead atoms. The number of rotatable bonds is 5. The number of aryl methyl sites for hydroxylation is 1. The Kier molecular flexibility index (Phi) is 5.37. The van der Waals surface area contributed by atoms with Crippen LogP contribution in [0.25, 0.3) is 5.65 Å². The van der Waals surface area contributed by atoms with Crippen molar-refractivity contribution in [2.75, 3.05) is 0 Å². The van der Waals surface area contributed by atoms with Gasteiger partial charge in [-0.3, -0.25) is 9.20 Å². The van der Waals surface area contributed by atoms with Gasteiger partial charge in [-0.05, 0) is 36.2 Å². The fourth-order valence-corrected chi connectivity index (χ4v) is 3.33. The van der Waals surface area contributed by atoms with Gasteiger partial charge in [-0.2, -0.15) is 13.2 Å². The minimum Gasteiger partial charge on any atom is -0.347 e. The zero-order valence-electron chi connectivity index (χ0n) is 15.2. The summed E-state index contributed by atoms with van der Waals surface area (Å²) in [6.07, 6.45) is -3.35.